The SMILES string of the molecule is Cc1cc(C(C)C)nc(CCOc2cccc(N)c2)n1. The highest BCUT2D eigenvalue weighted by Gasteiger charge is 2.06. The summed E-state index contributed by atoms with van der Waals surface area (Å²) in [6.45, 7) is 6.81. The molecule has 0 bridgehead atoms. The Hall–Kier alpha value is -2.10. The summed E-state index contributed by atoms with van der Waals surface area (Å²) >= 11 is 0. The number of benzene rings is 1. The molecular weight excluding hydrogens is 250 g/mol. The number of nitrogens with zero attached hydrogens (tertiary/aromatic N) is 2. The van der Waals surface area contributed by atoms with E-state index >= 15 is 0 Å². The molecule has 1 aromatic carbocycles. The van der Waals surface area contributed by atoms with Gasteiger partial charge in [-0.3, -0.25) is 0 Å². The quantitative estimate of drug-likeness (QED) is 0.849. The molecule has 0 aliphatic rings. The van der Waals surface area contributed by atoms with Crippen LogP contribution in [0.5, 0.6) is 5.75 Å². The van der Waals surface area contributed by atoms with E-state index in [1.54, 1.807) is 0 Å². The molecule has 2 N–H and O–H groups in total. The molecule has 106 valence electrons. The molecule has 4 nitrogen and oxygen atoms in total. The van der Waals surface area contributed by atoms with Crippen molar-refractivity contribution in [1.82, 2.24) is 9.97 Å². The molecule has 0 aliphatic carbocycles. The summed E-state index contributed by atoms with van der Waals surface area (Å²) in [5.74, 6) is 2.02. The van der Waals surface area contributed by atoms with Crippen molar-refractivity contribution in [3.05, 3.63) is 47.5 Å². The van der Waals surface area contributed by atoms with E-state index in [-0.39, 0.29) is 0 Å². The van der Waals surface area contributed by atoms with Crippen molar-refractivity contribution in [2.24, 2.45) is 0 Å². The summed E-state index contributed by atoms with van der Waals surface area (Å²) in [5.41, 5.74) is 8.50. The molecule has 0 saturated heterocycles. The van der Waals surface area contributed by atoms with E-state index in [0.29, 0.717) is 24.6 Å². The van der Waals surface area contributed by atoms with Gasteiger partial charge >= 0.3 is 0 Å². The minimum absolute atomic E-state index is 0.408. The van der Waals surface area contributed by atoms with Crippen LogP contribution in [0, 0.1) is 6.92 Å². The number of hydrogen-bond donors (Lipinski definition) is 1. The normalized spacial score (nSPS) is 10.8. The lowest BCUT2D eigenvalue weighted by Crippen LogP contribution is -2.08. The molecule has 0 unspecified atom stereocenters. The van der Waals surface area contributed by atoms with Gasteiger partial charge in [0.05, 0.1) is 6.61 Å². The number of aryl methyl sites for hydroxylation is 1. The molecule has 0 spiro atoms. The maximum atomic E-state index is 5.71. The molecule has 0 atom stereocenters. The van der Waals surface area contributed by atoms with E-state index < -0.39 is 0 Å². The van der Waals surface area contributed by atoms with Gasteiger partial charge in [0.15, 0.2) is 0 Å². The Morgan fingerprint density at radius 3 is 2.70 bits per heavy atom. The van der Waals surface area contributed by atoms with Crippen LogP contribution in [0.3, 0.4) is 0 Å². The molecular formula is C16H21N3O. The Balaban J connectivity index is 1.97. The highest BCUT2D eigenvalue weighted by atomic mass is 16.5. The Morgan fingerprint density at radius 1 is 1.20 bits per heavy atom. The van der Waals surface area contributed by atoms with Crippen LogP contribution in [-0.4, -0.2) is 16.6 Å². The molecule has 4 heteroatoms. The number of nitrogen functional groups attached to an aromatic ring is 1. The van der Waals surface area contributed by atoms with Gasteiger partial charge in [-0.2, -0.15) is 0 Å². The zero-order valence-corrected chi connectivity index (χ0v) is 12.3. The molecule has 1 aromatic heterocycles. The highest BCUT2D eigenvalue weighted by molar-refractivity contribution is 5.43. The maximum absolute atomic E-state index is 5.71. The number of ether oxygens (including phenoxy) is 1. The fourth-order valence-corrected chi connectivity index (χ4v) is 1.93. The van der Waals surface area contributed by atoms with Crippen LogP contribution in [0.2, 0.25) is 0 Å². The summed E-state index contributed by atoms with van der Waals surface area (Å²) in [5, 5.41) is 0. The van der Waals surface area contributed by atoms with E-state index in [1.165, 1.54) is 0 Å². The van der Waals surface area contributed by atoms with Crippen molar-refractivity contribution < 1.29 is 4.74 Å². The lowest BCUT2D eigenvalue weighted by molar-refractivity contribution is 0.318. The van der Waals surface area contributed by atoms with Crippen molar-refractivity contribution in [2.75, 3.05) is 12.3 Å². The van der Waals surface area contributed by atoms with Crippen LogP contribution in [0.4, 0.5) is 5.69 Å². The van der Waals surface area contributed by atoms with Gasteiger partial charge in [0.25, 0.3) is 0 Å². The van der Waals surface area contributed by atoms with E-state index in [4.69, 9.17) is 10.5 Å². The molecule has 2 rings (SSSR count). The average molecular weight is 271 g/mol. The zero-order chi connectivity index (χ0) is 14.5. The van der Waals surface area contributed by atoms with Crippen molar-refractivity contribution in [2.45, 2.75) is 33.1 Å². The number of rotatable bonds is 5. The molecule has 0 radical (unpaired) electrons. The summed E-state index contributed by atoms with van der Waals surface area (Å²) in [6, 6.07) is 9.46. The van der Waals surface area contributed by atoms with Gasteiger partial charge in [0, 0.05) is 29.6 Å². The van der Waals surface area contributed by atoms with Crippen molar-refractivity contribution in [1.29, 1.82) is 0 Å². The topological polar surface area (TPSA) is 61.0 Å². The third kappa shape index (κ3) is 3.95. The predicted molar refractivity (Wildman–Crippen MR) is 80.9 cm³/mol. The summed E-state index contributed by atoms with van der Waals surface area (Å²) in [7, 11) is 0. The van der Waals surface area contributed by atoms with Gasteiger partial charge in [-0.15, -0.1) is 0 Å². The molecule has 0 fully saturated rings. The van der Waals surface area contributed by atoms with Gasteiger partial charge in [-0.25, -0.2) is 9.97 Å². The van der Waals surface area contributed by atoms with Gasteiger partial charge in [-0.05, 0) is 31.0 Å². The van der Waals surface area contributed by atoms with Crippen molar-refractivity contribution in [3.8, 4) is 5.75 Å². The van der Waals surface area contributed by atoms with E-state index in [1.807, 2.05) is 37.3 Å². The van der Waals surface area contributed by atoms with E-state index in [9.17, 15) is 0 Å². The minimum atomic E-state index is 0.408. The van der Waals surface area contributed by atoms with Gasteiger partial charge in [0.1, 0.15) is 11.6 Å². The maximum Gasteiger partial charge on any atom is 0.132 e. The van der Waals surface area contributed by atoms with Crippen LogP contribution in [0.15, 0.2) is 30.3 Å². The molecule has 1 heterocycles. The Kier molecular flexibility index (Phi) is 4.56. The second kappa shape index (κ2) is 6.37. The fraction of sp³-hybridized carbons (Fsp3) is 0.375. The molecule has 0 aliphatic heterocycles. The van der Waals surface area contributed by atoms with Gasteiger partial charge < -0.3 is 10.5 Å². The second-order valence-corrected chi connectivity index (χ2v) is 5.18. The summed E-state index contributed by atoms with van der Waals surface area (Å²) in [6.07, 6.45) is 0.691. The second-order valence-electron chi connectivity index (χ2n) is 5.18. The van der Waals surface area contributed by atoms with E-state index in [0.717, 1.165) is 23.0 Å². The number of aromatic nitrogens is 2. The smallest absolute Gasteiger partial charge is 0.132 e. The first kappa shape index (κ1) is 14.3. The van der Waals surface area contributed by atoms with Crippen LogP contribution in [0.25, 0.3) is 0 Å². The Labute approximate surface area is 120 Å². The minimum Gasteiger partial charge on any atom is -0.493 e. The van der Waals surface area contributed by atoms with E-state index in [2.05, 4.69) is 23.8 Å². The first-order chi connectivity index (χ1) is 9.54. The summed E-state index contributed by atoms with van der Waals surface area (Å²) in [4.78, 5) is 9.02. The number of anilines is 1. The largest absolute Gasteiger partial charge is 0.493 e. The third-order valence-corrected chi connectivity index (χ3v) is 2.96. The monoisotopic (exact) mass is 271 g/mol. The third-order valence-electron chi connectivity index (χ3n) is 2.96. The predicted octanol–water partition coefficient (Wildman–Crippen LogP) is 3.11. The van der Waals surface area contributed by atoms with Crippen LogP contribution >= 0.6 is 0 Å². The Morgan fingerprint density at radius 2 is 2.00 bits per heavy atom. The van der Waals surface area contributed by atoms with Gasteiger partial charge in [0.2, 0.25) is 0 Å². The van der Waals surface area contributed by atoms with Gasteiger partial charge in [-0.1, -0.05) is 19.9 Å². The molecule has 2 aromatic rings. The van der Waals surface area contributed by atoms with Crippen LogP contribution < -0.4 is 10.5 Å². The average Bonchev–Trinajstić information content (AvgIpc) is 2.38. The lowest BCUT2D eigenvalue weighted by atomic mass is 10.1. The first-order valence-corrected chi connectivity index (χ1v) is 6.87. The number of nitrogens with two attached hydrogens (primary N) is 1. The standard InChI is InChI=1S/C16H21N3O/c1-11(2)15-9-12(3)18-16(19-15)7-8-20-14-6-4-5-13(17)10-14/h4-6,9-11H,7-8,17H2,1-3H3. The molecule has 0 saturated carbocycles. The van der Waals surface area contributed by atoms with Crippen LogP contribution in [0.1, 0.15) is 37.0 Å². The van der Waals surface area contributed by atoms with Crippen LogP contribution in [-0.2, 0) is 6.42 Å². The Bertz CT molecular complexity index is 582. The fourth-order valence-electron chi connectivity index (χ4n) is 1.93. The summed E-state index contributed by atoms with van der Waals surface area (Å²) < 4.78 is 5.67. The van der Waals surface area contributed by atoms with Crippen molar-refractivity contribution in [3.63, 3.8) is 0 Å². The number of hydrogen-bond acceptors (Lipinski definition) is 4. The molecule has 0 amide bonds. The van der Waals surface area contributed by atoms with Crippen molar-refractivity contribution >= 4 is 5.69 Å². The highest BCUT2D eigenvalue weighted by Crippen LogP contribution is 2.15. The molecule has 20 heavy (non-hydrogen) atoms. The first-order valence-electron chi connectivity index (χ1n) is 6.87. The zero-order valence-electron chi connectivity index (χ0n) is 12.3. The lowest BCUT2D eigenvalue weighted by Gasteiger charge is -2.09.